The van der Waals surface area contributed by atoms with Crippen LogP contribution in [0.4, 0.5) is 5.69 Å². The number of rotatable bonds is 6. The quantitative estimate of drug-likeness (QED) is 0.399. The second-order valence-corrected chi connectivity index (χ2v) is 9.85. The molecule has 1 N–H and O–H groups in total. The van der Waals surface area contributed by atoms with Crippen molar-refractivity contribution in [3.63, 3.8) is 0 Å². The van der Waals surface area contributed by atoms with E-state index >= 15 is 0 Å². The number of amides is 1. The first-order chi connectivity index (χ1) is 14.8. The summed E-state index contributed by atoms with van der Waals surface area (Å²) in [4.78, 5) is 12.8. The molecule has 1 amide bonds. The molecule has 5 nitrogen and oxygen atoms in total. The Balaban J connectivity index is 1.65. The zero-order chi connectivity index (χ0) is 22.0. The van der Waals surface area contributed by atoms with Crippen molar-refractivity contribution < 1.29 is 13.2 Å². The van der Waals surface area contributed by atoms with Gasteiger partial charge >= 0.3 is 0 Å². The van der Waals surface area contributed by atoms with Crippen molar-refractivity contribution >= 4 is 55.5 Å². The van der Waals surface area contributed by atoms with Crippen LogP contribution in [0.25, 0.3) is 10.9 Å². The molecule has 0 aliphatic rings. The molecule has 0 atom stereocenters. The number of carbonyl (C=O) groups is 1. The number of anilines is 1. The van der Waals surface area contributed by atoms with Crippen molar-refractivity contribution in [1.29, 1.82) is 0 Å². The number of para-hydroxylation sites is 2. The van der Waals surface area contributed by atoms with Crippen molar-refractivity contribution in [2.45, 2.75) is 17.2 Å². The van der Waals surface area contributed by atoms with Crippen molar-refractivity contribution in [2.75, 3.05) is 5.32 Å². The summed E-state index contributed by atoms with van der Waals surface area (Å²) in [5.74, 6) is -0.472. The molecule has 0 saturated carbocycles. The van der Waals surface area contributed by atoms with Gasteiger partial charge in [-0.3, -0.25) is 4.79 Å². The van der Waals surface area contributed by atoms with Crippen LogP contribution in [0.5, 0.6) is 0 Å². The van der Waals surface area contributed by atoms with E-state index in [-0.39, 0.29) is 23.1 Å². The molecule has 0 saturated heterocycles. The van der Waals surface area contributed by atoms with Crippen LogP contribution in [0.2, 0.25) is 10.0 Å². The predicted octanol–water partition coefficient (Wildman–Crippen LogP) is 5.56. The number of aromatic nitrogens is 1. The molecule has 158 valence electrons. The number of hydrogen-bond donors (Lipinski definition) is 1. The minimum absolute atomic E-state index is 0.0534. The number of sulfone groups is 1. The van der Waals surface area contributed by atoms with Crippen LogP contribution in [-0.2, 0) is 26.9 Å². The highest BCUT2D eigenvalue weighted by molar-refractivity contribution is 7.90. The number of nitrogens with one attached hydrogen (secondary N) is 1. The second-order valence-electron chi connectivity index (χ2n) is 7.05. The smallest absolute Gasteiger partial charge is 0.244 e. The van der Waals surface area contributed by atoms with Crippen LogP contribution in [0.15, 0.2) is 83.9 Å². The van der Waals surface area contributed by atoms with E-state index in [1.54, 1.807) is 77.4 Å². The average Bonchev–Trinajstić information content (AvgIpc) is 3.11. The first-order valence-corrected chi connectivity index (χ1v) is 11.8. The zero-order valence-electron chi connectivity index (χ0n) is 16.3. The molecular formula is C23H18Cl2N2O3S. The van der Waals surface area contributed by atoms with Gasteiger partial charge in [0, 0.05) is 22.1 Å². The zero-order valence-corrected chi connectivity index (χ0v) is 18.6. The van der Waals surface area contributed by atoms with E-state index in [4.69, 9.17) is 23.2 Å². The molecule has 0 spiro atoms. The van der Waals surface area contributed by atoms with Gasteiger partial charge in [-0.15, -0.1) is 0 Å². The van der Waals surface area contributed by atoms with Crippen molar-refractivity contribution in [3.05, 3.63) is 94.6 Å². The standard InChI is InChI=1S/C23H18Cl2N2O3S/c24-17-11-9-16(10-12-17)15-31(29,30)22-13-27(21-8-4-1-5-18(21)22)14-23(28)26-20-7-3-2-6-19(20)25/h1-13H,14-15H2,(H,26,28). The highest BCUT2D eigenvalue weighted by atomic mass is 35.5. The summed E-state index contributed by atoms with van der Waals surface area (Å²) in [6.45, 7) is -0.0534. The van der Waals surface area contributed by atoms with Crippen LogP contribution < -0.4 is 5.32 Å². The summed E-state index contributed by atoms with van der Waals surface area (Å²) < 4.78 is 28.0. The van der Waals surface area contributed by atoms with Gasteiger partial charge < -0.3 is 9.88 Å². The lowest BCUT2D eigenvalue weighted by atomic mass is 10.2. The fourth-order valence-corrected chi connectivity index (χ4v) is 5.27. The van der Waals surface area contributed by atoms with Crippen LogP contribution >= 0.6 is 23.2 Å². The monoisotopic (exact) mass is 472 g/mol. The summed E-state index contributed by atoms with van der Waals surface area (Å²) in [5, 5.41) is 4.31. The van der Waals surface area contributed by atoms with Crippen LogP contribution in [-0.4, -0.2) is 18.9 Å². The molecule has 0 aliphatic heterocycles. The topological polar surface area (TPSA) is 68.2 Å². The molecule has 8 heteroatoms. The highest BCUT2D eigenvalue weighted by Gasteiger charge is 2.22. The van der Waals surface area contributed by atoms with Gasteiger partial charge in [0.05, 0.1) is 21.4 Å². The maximum absolute atomic E-state index is 13.2. The lowest BCUT2D eigenvalue weighted by Gasteiger charge is -2.08. The molecule has 3 aromatic carbocycles. The Kier molecular flexibility index (Phi) is 6.05. The molecular weight excluding hydrogens is 455 g/mol. The number of halogens is 2. The molecule has 0 radical (unpaired) electrons. The lowest BCUT2D eigenvalue weighted by Crippen LogP contribution is -2.18. The Labute approximate surface area is 190 Å². The van der Waals surface area contributed by atoms with Gasteiger partial charge in [-0.2, -0.15) is 0 Å². The highest BCUT2D eigenvalue weighted by Crippen LogP contribution is 2.28. The molecule has 0 bridgehead atoms. The SMILES string of the molecule is O=C(Cn1cc(S(=O)(=O)Cc2ccc(Cl)cc2)c2ccccc21)Nc1ccccc1Cl. The maximum Gasteiger partial charge on any atom is 0.244 e. The third kappa shape index (κ3) is 4.77. The van der Waals surface area contributed by atoms with Gasteiger partial charge in [-0.25, -0.2) is 8.42 Å². The molecule has 0 unspecified atom stereocenters. The Morgan fingerprint density at radius 3 is 2.32 bits per heavy atom. The van der Waals surface area contributed by atoms with Crippen molar-refractivity contribution in [1.82, 2.24) is 4.57 Å². The predicted molar refractivity (Wildman–Crippen MR) is 124 cm³/mol. The molecule has 0 aliphatic carbocycles. The van der Waals surface area contributed by atoms with E-state index in [2.05, 4.69) is 5.32 Å². The van der Waals surface area contributed by atoms with E-state index in [0.29, 0.717) is 32.2 Å². The number of fused-ring (bicyclic) bond motifs is 1. The third-order valence-corrected chi connectivity index (χ3v) is 7.11. The van der Waals surface area contributed by atoms with Gasteiger partial charge in [0.15, 0.2) is 9.84 Å². The fraction of sp³-hybridized carbons (Fsp3) is 0.0870. The van der Waals surface area contributed by atoms with Crippen molar-refractivity contribution in [2.24, 2.45) is 0 Å². The van der Waals surface area contributed by atoms with E-state index in [1.807, 2.05) is 0 Å². The number of carbonyl (C=O) groups excluding carboxylic acids is 1. The Bertz CT molecular complexity index is 1360. The summed E-state index contributed by atoms with van der Waals surface area (Å²) in [6, 6.07) is 20.8. The van der Waals surface area contributed by atoms with Crippen molar-refractivity contribution in [3.8, 4) is 0 Å². The van der Waals surface area contributed by atoms with Crippen LogP contribution in [0.3, 0.4) is 0 Å². The fourth-order valence-electron chi connectivity index (χ4n) is 3.38. The molecule has 4 rings (SSSR count). The Morgan fingerprint density at radius 1 is 0.903 bits per heavy atom. The average molecular weight is 473 g/mol. The Hall–Kier alpha value is -2.80. The number of nitrogens with zero attached hydrogens (tertiary/aromatic N) is 1. The van der Waals surface area contributed by atoms with E-state index in [1.165, 1.54) is 6.20 Å². The number of benzene rings is 3. The molecule has 1 aromatic heterocycles. The maximum atomic E-state index is 13.2. The Morgan fingerprint density at radius 2 is 1.58 bits per heavy atom. The summed E-state index contributed by atoms with van der Waals surface area (Å²) >= 11 is 12.0. The molecule has 31 heavy (non-hydrogen) atoms. The minimum Gasteiger partial charge on any atom is -0.337 e. The summed E-state index contributed by atoms with van der Waals surface area (Å²) in [5.41, 5.74) is 1.80. The van der Waals surface area contributed by atoms with Crippen LogP contribution in [0.1, 0.15) is 5.56 Å². The van der Waals surface area contributed by atoms with E-state index in [9.17, 15) is 13.2 Å². The first kappa shape index (κ1) is 21.4. The first-order valence-electron chi connectivity index (χ1n) is 9.43. The van der Waals surface area contributed by atoms with Crippen LogP contribution in [0, 0.1) is 0 Å². The molecule has 1 heterocycles. The van der Waals surface area contributed by atoms with Gasteiger partial charge in [0.1, 0.15) is 6.54 Å². The third-order valence-electron chi connectivity index (χ3n) is 4.82. The molecule has 4 aromatic rings. The summed E-state index contributed by atoms with van der Waals surface area (Å²) in [6.07, 6.45) is 1.52. The lowest BCUT2D eigenvalue weighted by molar-refractivity contribution is -0.116. The number of hydrogen-bond acceptors (Lipinski definition) is 3. The van der Waals surface area contributed by atoms with Gasteiger partial charge in [0.25, 0.3) is 0 Å². The van der Waals surface area contributed by atoms with E-state index < -0.39 is 9.84 Å². The largest absolute Gasteiger partial charge is 0.337 e. The second kappa shape index (κ2) is 8.75. The van der Waals surface area contributed by atoms with Gasteiger partial charge in [0.2, 0.25) is 5.91 Å². The van der Waals surface area contributed by atoms with Gasteiger partial charge in [-0.05, 0) is 35.9 Å². The molecule has 0 fully saturated rings. The van der Waals surface area contributed by atoms with Gasteiger partial charge in [-0.1, -0.05) is 65.7 Å². The normalized spacial score (nSPS) is 11.5. The summed E-state index contributed by atoms with van der Waals surface area (Å²) in [7, 11) is -3.65. The van der Waals surface area contributed by atoms with E-state index in [0.717, 1.165) is 0 Å². The minimum atomic E-state index is -3.65.